The minimum Gasteiger partial charge on any atom is -0.481 e. The normalized spacial score (nSPS) is 26.7. The Kier molecular flexibility index (Phi) is 4.41. The van der Waals surface area contributed by atoms with Gasteiger partial charge < -0.3 is 5.11 Å². The number of nitrogens with zero attached hydrogens (tertiary/aromatic N) is 3. The van der Waals surface area contributed by atoms with Gasteiger partial charge in [-0.15, -0.1) is 5.10 Å². The van der Waals surface area contributed by atoms with Gasteiger partial charge in [-0.25, -0.2) is 17.8 Å². The van der Waals surface area contributed by atoms with Crippen LogP contribution in [0.4, 0.5) is 0 Å². The maximum Gasteiger partial charge on any atom is 0.310 e. The van der Waals surface area contributed by atoms with Gasteiger partial charge in [0.25, 0.3) is 10.0 Å². The van der Waals surface area contributed by atoms with Crippen molar-refractivity contribution in [2.45, 2.75) is 43.7 Å². The van der Waals surface area contributed by atoms with E-state index in [4.69, 9.17) is 0 Å². The molecule has 21 heavy (non-hydrogen) atoms. The summed E-state index contributed by atoms with van der Waals surface area (Å²) in [6, 6.07) is -0.657. The molecule has 0 aromatic carbocycles. The highest BCUT2D eigenvalue weighted by molar-refractivity contribution is 9.10. The Morgan fingerprint density at radius 2 is 2.19 bits per heavy atom. The summed E-state index contributed by atoms with van der Waals surface area (Å²) < 4.78 is 28.7. The van der Waals surface area contributed by atoms with Crippen LogP contribution in [0.5, 0.6) is 0 Å². The van der Waals surface area contributed by atoms with Crippen LogP contribution in [0.25, 0.3) is 0 Å². The molecule has 1 aliphatic carbocycles. The third-order valence-electron chi connectivity index (χ3n) is 3.99. The number of aryl methyl sites for hydroxylation is 1. The lowest BCUT2D eigenvalue weighted by molar-refractivity contribution is -0.151. The van der Waals surface area contributed by atoms with Gasteiger partial charge in [0.05, 0.1) is 5.41 Å². The molecule has 1 fully saturated rings. The van der Waals surface area contributed by atoms with E-state index in [-0.39, 0.29) is 9.63 Å². The second-order valence-electron chi connectivity index (χ2n) is 5.45. The number of carbonyl (C=O) groups is 1. The van der Waals surface area contributed by atoms with Crippen LogP contribution >= 0.6 is 15.9 Å². The summed E-state index contributed by atoms with van der Waals surface area (Å²) in [4.78, 5) is 11.5. The SMILES string of the molecule is Cn1nnc(Br)c1S(=O)(=O)NC1CCCCC1(C)C(=O)O. The van der Waals surface area contributed by atoms with E-state index in [9.17, 15) is 18.3 Å². The molecule has 0 bridgehead atoms. The number of hydrogen-bond acceptors (Lipinski definition) is 5. The number of hydrogen-bond donors (Lipinski definition) is 2. The molecular formula is C11H17BrN4O4S. The predicted octanol–water partition coefficient (Wildman–Crippen LogP) is 0.889. The molecule has 2 rings (SSSR count). The van der Waals surface area contributed by atoms with Crippen LogP contribution in [0.15, 0.2) is 9.63 Å². The number of halogens is 1. The van der Waals surface area contributed by atoms with E-state index in [1.165, 1.54) is 7.05 Å². The summed E-state index contributed by atoms with van der Waals surface area (Å²) in [5.74, 6) is -0.989. The Morgan fingerprint density at radius 1 is 1.52 bits per heavy atom. The zero-order valence-corrected chi connectivity index (χ0v) is 14.1. The van der Waals surface area contributed by atoms with Gasteiger partial charge in [-0.1, -0.05) is 18.1 Å². The first-order valence-electron chi connectivity index (χ1n) is 6.49. The second-order valence-corrected chi connectivity index (χ2v) is 7.83. The molecule has 0 saturated heterocycles. The monoisotopic (exact) mass is 380 g/mol. The lowest BCUT2D eigenvalue weighted by Gasteiger charge is -2.37. The zero-order valence-electron chi connectivity index (χ0n) is 11.7. The summed E-state index contributed by atoms with van der Waals surface area (Å²) in [6.07, 6.45) is 2.50. The molecule has 1 aromatic heterocycles. The van der Waals surface area contributed by atoms with Crippen molar-refractivity contribution in [3.05, 3.63) is 4.60 Å². The third kappa shape index (κ3) is 2.97. The average Bonchev–Trinajstić information content (AvgIpc) is 2.72. The van der Waals surface area contributed by atoms with Gasteiger partial charge in [-0.3, -0.25) is 4.79 Å². The van der Waals surface area contributed by atoms with Crippen LogP contribution in [0.3, 0.4) is 0 Å². The molecule has 0 aliphatic heterocycles. The Bertz CT molecular complexity index is 640. The molecule has 8 nitrogen and oxygen atoms in total. The molecule has 10 heteroatoms. The van der Waals surface area contributed by atoms with Gasteiger partial charge in [0, 0.05) is 13.1 Å². The fourth-order valence-corrected chi connectivity index (χ4v) is 5.11. The highest BCUT2D eigenvalue weighted by Gasteiger charge is 2.45. The summed E-state index contributed by atoms with van der Waals surface area (Å²) in [6.45, 7) is 1.58. The molecule has 2 atom stereocenters. The summed E-state index contributed by atoms with van der Waals surface area (Å²) in [5, 5.41) is 16.6. The van der Waals surface area contributed by atoms with Gasteiger partial charge in [0.1, 0.15) is 0 Å². The Labute approximate surface area is 131 Å². The lowest BCUT2D eigenvalue weighted by Crippen LogP contribution is -2.52. The first-order valence-corrected chi connectivity index (χ1v) is 8.77. The second kappa shape index (κ2) is 5.65. The molecule has 118 valence electrons. The number of carboxylic acids is 1. The molecule has 1 aromatic rings. The number of aliphatic carboxylic acids is 1. The van der Waals surface area contributed by atoms with Crippen molar-refractivity contribution in [3.8, 4) is 0 Å². The zero-order chi connectivity index (χ0) is 15.8. The van der Waals surface area contributed by atoms with Crippen molar-refractivity contribution in [2.24, 2.45) is 12.5 Å². The molecule has 2 N–H and O–H groups in total. The van der Waals surface area contributed by atoms with E-state index in [2.05, 4.69) is 31.0 Å². The van der Waals surface area contributed by atoms with Crippen molar-refractivity contribution in [1.29, 1.82) is 0 Å². The van der Waals surface area contributed by atoms with Gasteiger partial charge in [0.15, 0.2) is 4.60 Å². The molecule has 1 saturated carbocycles. The van der Waals surface area contributed by atoms with Crippen molar-refractivity contribution in [2.75, 3.05) is 0 Å². The van der Waals surface area contributed by atoms with Gasteiger partial charge >= 0.3 is 5.97 Å². The molecule has 0 radical (unpaired) electrons. The van der Waals surface area contributed by atoms with Crippen LogP contribution in [0.2, 0.25) is 0 Å². The smallest absolute Gasteiger partial charge is 0.310 e. The molecular weight excluding hydrogens is 364 g/mol. The topological polar surface area (TPSA) is 114 Å². The highest BCUT2D eigenvalue weighted by Crippen LogP contribution is 2.37. The standard InChI is InChI=1S/C11H17BrN4O4S/c1-11(10(17)18)6-4-3-5-7(11)14-21(19,20)9-8(12)13-15-16(9)2/h7,14H,3-6H2,1-2H3,(H,17,18). The van der Waals surface area contributed by atoms with Crippen LogP contribution in [0.1, 0.15) is 32.6 Å². The first kappa shape index (κ1) is 16.4. The number of rotatable bonds is 4. The van der Waals surface area contributed by atoms with Crippen LogP contribution in [-0.2, 0) is 21.9 Å². The van der Waals surface area contributed by atoms with Crippen molar-refractivity contribution >= 4 is 31.9 Å². The molecule has 0 amide bonds. The molecule has 1 heterocycles. The first-order chi connectivity index (χ1) is 9.68. The molecule has 0 spiro atoms. The van der Waals surface area contributed by atoms with Gasteiger partial charge in [0.2, 0.25) is 5.03 Å². The van der Waals surface area contributed by atoms with Gasteiger partial charge in [-0.2, -0.15) is 0 Å². The maximum absolute atomic E-state index is 12.5. The number of sulfonamides is 1. The third-order valence-corrected chi connectivity index (χ3v) is 6.34. The van der Waals surface area contributed by atoms with Crippen LogP contribution in [0, 0.1) is 5.41 Å². The highest BCUT2D eigenvalue weighted by atomic mass is 79.9. The van der Waals surface area contributed by atoms with E-state index in [0.717, 1.165) is 17.5 Å². The van der Waals surface area contributed by atoms with Crippen LogP contribution in [-0.4, -0.2) is 40.5 Å². The van der Waals surface area contributed by atoms with Crippen molar-refractivity contribution in [1.82, 2.24) is 19.7 Å². The van der Waals surface area contributed by atoms with E-state index in [0.29, 0.717) is 12.8 Å². The van der Waals surface area contributed by atoms with E-state index < -0.39 is 27.4 Å². The fourth-order valence-electron chi connectivity index (χ4n) is 2.63. The number of nitrogens with one attached hydrogen (secondary N) is 1. The van der Waals surface area contributed by atoms with Crippen molar-refractivity contribution < 1.29 is 18.3 Å². The molecule has 2 unspecified atom stereocenters. The number of carboxylic acid groups (broad SMARTS) is 1. The van der Waals surface area contributed by atoms with E-state index in [1.807, 2.05) is 0 Å². The number of aromatic nitrogens is 3. The summed E-state index contributed by atoms with van der Waals surface area (Å²) >= 11 is 3.05. The summed E-state index contributed by atoms with van der Waals surface area (Å²) in [7, 11) is -2.44. The minimum atomic E-state index is -3.90. The fraction of sp³-hybridized carbons (Fsp3) is 0.727. The Morgan fingerprint density at radius 3 is 2.71 bits per heavy atom. The predicted molar refractivity (Wildman–Crippen MR) is 77.0 cm³/mol. The molecule has 1 aliphatic rings. The van der Waals surface area contributed by atoms with E-state index >= 15 is 0 Å². The van der Waals surface area contributed by atoms with Crippen LogP contribution < -0.4 is 4.72 Å². The minimum absolute atomic E-state index is 0.102. The summed E-state index contributed by atoms with van der Waals surface area (Å²) in [5.41, 5.74) is -1.11. The quantitative estimate of drug-likeness (QED) is 0.801. The average molecular weight is 381 g/mol. The lowest BCUT2D eigenvalue weighted by atomic mass is 9.72. The largest absolute Gasteiger partial charge is 0.481 e. The maximum atomic E-state index is 12.5. The Balaban J connectivity index is 2.33. The Hall–Kier alpha value is -1.00. The van der Waals surface area contributed by atoms with Crippen molar-refractivity contribution in [3.63, 3.8) is 0 Å². The van der Waals surface area contributed by atoms with E-state index in [1.54, 1.807) is 6.92 Å². The van der Waals surface area contributed by atoms with Gasteiger partial charge in [-0.05, 0) is 35.7 Å².